The van der Waals surface area contributed by atoms with Gasteiger partial charge in [0.05, 0.1) is 12.3 Å². The van der Waals surface area contributed by atoms with Gasteiger partial charge in [0.2, 0.25) is 0 Å². The van der Waals surface area contributed by atoms with E-state index in [0.717, 1.165) is 63.6 Å². The molecule has 1 aromatic heterocycles. The smallest absolute Gasteiger partial charge is 0.0564 e. The fraction of sp³-hybridized carbons (Fsp3) is 0.667. The summed E-state index contributed by atoms with van der Waals surface area (Å²) < 4.78 is 0. The highest BCUT2D eigenvalue weighted by Gasteiger charge is 2.16. The molecule has 0 saturated carbocycles. The maximum absolute atomic E-state index is 8.95. The third kappa shape index (κ3) is 4.74. The molecule has 0 bridgehead atoms. The Morgan fingerprint density at radius 1 is 1.25 bits per heavy atom. The summed E-state index contributed by atoms with van der Waals surface area (Å²) in [6.45, 7) is 9.30. The number of nitrogens with zero attached hydrogens (tertiary/aromatic N) is 3. The Balaban J connectivity index is 1.81. The monoisotopic (exact) mass is 278 g/mol. The number of hydrogen-bond acceptors (Lipinski definition) is 5. The molecule has 5 nitrogen and oxygen atoms in total. The van der Waals surface area contributed by atoms with Gasteiger partial charge in [0, 0.05) is 57.7 Å². The average molecular weight is 278 g/mol. The quantitative estimate of drug-likeness (QED) is 0.780. The summed E-state index contributed by atoms with van der Waals surface area (Å²) in [7, 11) is 0. The number of aliphatic hydroxyl groups is 1. The molecule has 1 aromatic rings. The van der Waals surface area contributed by atoms with Gasteiger partial charge in [0.15, 0.2) is 0 Å². The lowest BCUT2D eigenvalue weighted by Crippen LogP contribution is -2.46. The first kappa shape index (κ1) is 15.2. The van der Waals surface area contributed by atoms with Crippen LogP contribution in [0.1, 0.15) is 19.0 Å². The van der Waals surface area contributed by atoms with Crippen LogP contribution in [0.5, 0.6) is 0 Å². The molecule has 1 aliphatic heterocycles. The molecule has 0 aromatic carbocycles. The molecule has 1 aliphatic rings. The summed E-state index contributed by atoms with van der Waals surface area (Å²) in [5, 5.41) is 12.3. The van der Waals surface area contributed by atoms with Crippen molar-refractivity contribution >= 4 is 5.69 Å². The van der Waals surface area contributed by atoms with E-state index in [1.807, 2.05) is 12.3 Å². The number of hydrogen-bond donors (Lipinski definition) is 2. The van der Waals surface area contributed by atoms with Crippen LogP contribution >= 0.6 is 0 Å². The molecule has 112 valence electrons. The summed E-state index contributed by atoms with van der Waals surface area (Å²) in [4.78, 5) is 9.20. The van der Waals surface area contributed by atoms with Crippen LogP contribution in [0.2, 0.25) is 0 Å². The topological polar surface area (TPSA) is 51.6 Å². The molecule has 0 spiro atoms. The van der Waals surface area contributed by atoms with Gasteiger partial charge in [-0.3, -0.25) is 14.8 Å². The molecule has 1 fully saturated rings. The number of rotatable bonds is 7. The van der Waals surface area contributed by atoms with Crippen molar-refractivity contribution in [1.29, 1.82) is 0 Å². The van der Waals surface area contributed by atoms with Gasteiger partial charge >= 0.3 is 0 Å². The minimum absolute atomic E-state index is 0.257. The van der Waals surface area contributed by atoms with Crippen molar-refractivity contribution in [1.82, 2.24) is 14.8 Å². The molecular weight excluding hydrogens is 252 g/mol. The van der Waals surface area contributed by atoms with Crippen LogP contribution in [0.15, 0.2) is 18.3 Å². The minimum Gasteiger partial charge on any atom is -0.395 e. The Hall–Kier alpha value is -1.17. The number of aliphatic hydroxyl groups excluding tert-OH is 1. The van der Waals surface area contributed by atoms with E-state index < -0.39 is 0 Å². The van der Waals surface area contributed by atoms with Crippen molar-refractivity contribution in [3.63, 3.8) is 0 Å². The summed E-state index contributed by atoms with van der Waals surface area (Å²) in [6.07, 6.45) is 3.01. The van der Waals surface area contributed by atoms with Crippen molar-refractivity contribution in [3.05, 3.63) is 24.0 Å². The van der Waals surface area contributed by atoms with Crippen LogP contribution in [0.4, 0.5) is 5.69 Å². The van der Waals surface area contributed by atoms with E-state index in [4.69, 9.17) is 5.11 Å². The number of piperazine rings is 1. The van der Waals surface area contributed by atoms with Crippen LogP contribution in [-0.4, -0.2) is 65.8 Å². The molecule has 20 heavy (non-hydrogen) atoms. The Bertz CT molecular complexity index is 391. The summed E-state index contributed by atoms with van der Waals surface area (Å²) in [5.74, 6) is 0. The predicted molar refractivity (Wildman–Crippen MR) is 81.8 cm³/mol. The molecule has 0 radical (unpaired) electrons. The maximum atomic E-state index is 8.95. The van der Waals surface area contributed by atoms with Gasteiger partial charge in [0.1, 0.15) is 0 Å². The summed E-state index contributed by atoms with van der Waals surface area (Å²) in [5.41, 5.74) is 2.29. The second-order valence-electron chi connectivity index (χ2n) is 5.30. The van der Waals surface area contributed by atoms with Crippen molar-refractivity contribution in [2.45, 2.75) is 19.9 Å². The lowest BCUT2D eigenvalue weighted by molar-refractivity contribution is 0.108. The number of β-amino-alcohol motifs (C(OH)–C–C–N with tert-alkyl or cyclic N) is 1. The molecule has 5 heteroatoms. The number of anilines is 1. The molecule has 0 unspecified atom stereocenters. The van der Waals surface area contributed by atoms with E-state index in [-0.39, 0.29) is 6.61 Å². The highest BCUT2D eigenvalue weighted by molar-refractivity contribution is 5.43. The van der Waals surface area contributed by atoms with Gasteiger partial charge in [-0.05, 0) is 18.6 Å². The second-order valence-corrected chi connectivity index (χ2v) is 5.30. The van der Waals surface area contributed by atoms with Crippen LogP contribution in [0.25, 0.3) is 0 Å². The SMILES string of the molecule is CCCNc1ccnc(CN2CCN(CCO)CC2)c1. The molecule has 2 rings (SSSR count). The zero-order valence-corrected chi connectivity index (χ0v) is 12.4. The Morgan fingerprint density at radius 3 is 2.70 bits per heavy atom. The molecule has 0 aliphatic carbocycles. The highest BCUT2D eigenvalue weighted by Crippen LogP contribution is 2.11. The maximum Gasteiger partial charge on any atom is 0.0564 e. The van der Waals surface area contributed by atoms with Crippen molar-refractivity contribution < 1.29 is 5.11 Å². The normalized spacial score (nSPS) is 17.3. The van der Waals surface area contributed by atoms with Crippen LogP contribution in [0.3, 0.4) is 0 Å². The third-order valence-corrected chi connectivity index (χ3v) is 3.66. The van der Waals surface area contributed by atoms with Gasteiger partial charge in [-0.2, -0.15) is 0 Å². The van der Waals surface area contributed by atoms with E-state index in [9.17, 15) is 0 Å². The average Bonchev–Trinajstić information content (AvgIpc) is 2.48. The number of pyridine rings is 1. The fourth-order valence-electron chi connectivity index (χ4n) is 2.49. The van der Waals surface area contributed by atoms with Gasteiger partial charge in [-0.25, -0.2) is 0 Å². The minimum atomic E-state index is 0.257. The molecule has 1 saturated heterocycles. The van der Waals surface area contributed by atoms with Gasteiger partial charge in [-0.1, -0.05) is 6.92 Å². The lowest BCUT2D eigenvalue weighted by atomic mass is 10.2. The predicted octanol–water partition coefficient (Wildman–Crippen LogP) is 1.01. The zero-order valence-electron chi connectivity index (χ0n) is 12.4. The van der Waals surface area contributed by atoms with E-state index in [1.54, 1.807) is 0 Å². The van der Waals surface area contributed by atoms with Gasteiger partial charge in [-0.15, -0.1) is 0 Å². The van der Waals surface area contributed by atoms with E-state index in [0.29, 0.717) is 0 Å². The second kappa shape index (κ2) is 8.19. The largest absolute Gasteiger partial charge is 0.395 e. The molecule has 2 N–H and O–H groups in total. The van der Waals surface area contributed by atoms with E-state index in [2.05, 4.69) is 33.1 Å². The Labute approximate surface area is 121 Å². The van der Waals surface area contributed by atoms with Crippen LogP contribution in [0, 0.1) is 0 Å². The summed E-state index contributed by atoms with van der Waals surface area (Å²) >= 11 is 0. The van der Waals surface area contributed by atoms with E-state index in [1.165, 1.54) is 0 Å². The third-order valence-electron chi connectivity index (χ3n) is 3.66. The first-order chi connectivity index (χ1) is 9.81. The van der Waals surface area contributed by atoms with E-state index >= 15 is 0 Å². The zero-order chi connectivity index (χ0) is 14.2. The summed E-state index contributed by atoms with van der Waals surface area (Å²) in [6, 6.07) is 4.17. The van der Waals surface area contributed by atoms with Gasteiger partial charge in [0.25, 0.3) is 0 Å². The molecule has 2 heterocycles. The molecule has 0 amide bonds. The van der Waals surface area contributed by atoms with Crippen molar-refractivity contribution in [3.8, 4) is 0 Å². The van der Waals surface area contributed by atoms with Crippen LogP contribution < -0.4 is 5.32 Å². The standard InChI is InChI=1S/C15H26N4O/c1-2-4-16-14-3-5-17-15(12-14)13-19-8-6-18(7-9-19)10-11-20/h3,5,12,20H,2,4,6-11,13H2,1H3,(H,16,17). The number of nitrogens with one attached hydrogen (secondary N) is 1. The van der Waals surface area contributed by atoms with Crippen molar-refractivity contribution in [2.24, 2.45) is 0 Å². The lowest BCUT2D eigenvalue weighted by Gasteiger charge is -2.34. The van der Waals surface area contributed by atoms with Gasteiger partial charge < -0.3 is 10.4 Å². The molecule has 0 atom stereocenters. The fourth-order valence-corrected chi connectivity index (χ4v) is 2.49. The Morgan fingerprint density at radius 2 is 2.00 bits per heavy atom. The molecular formula is C15H26N4O. The Kier molecular flexibility index (Phi) is 6.24. The highest BCUT2D eigenvalue weighted by atomic mass is 16.3. The first-order valence-corrected chi connectivity index (χ1v) is 7.56. The van der Waals surface area contributed by atoms with Crippen molar-refractivity contribution in [2.75, 3.05) is 51.2 Å². The number of aromatic nitrogens is 1. The van der Waals surface area contributed by atoms with Crippen LogP contribution in [-0.2, 0) is 6.54 Å². The first-order valence-electron chi connectivity index (χ1n) is 7.56.